The van der Waals surface area contributed by atoms with Crippen LogP contribution in [0.3, 0.4) is 0 Å². The van der Waals surface area contributed by atoms with Crippen molar-refractivity contribution in [1.29, 1.82) is 0 Å². The third-order valence-corrected chi connectivity index (χ3v) is 5.18. The number of carbonyl (C=O) groups excluding carboxylic acids is 1. The Kier molecular flexibility index (Phi) is 5.42. The molecule has 2 heterocycles. The summed E-state index contributed by atoms with van der Waals surface area (Å²) in [4.78, 5) is 16.2. The Morgan fingerprint density at radius 1 is 1.00 bits per heavy atom. The lowest BCUT2D eigenvalue weighted by Crippen LogP contribution is -2.48. The molecule has 1 saturated heterocycles. The van der Waals surface area contributed by atoms with Crippen molar-refractivity contribution in [2.75, 3.05) is 31.1 Å². The zero-order valence-electron chi connectivity index (χ0n) is 15.7. The second-order valence-corrected chi connectivity index (χ2v) is 7.35. The highest BCUT2D eigenvalue weighted by atomic mass is 35.5. The SMILES string of the molecule is O=C(c1cc(-c2cccc(Cl)c2)on1)N1CCN(c2cccc(C(F)(F)F)c2)CC1. The Morgan fingerprint density at radius 2 is 1.73 bits per heavy atom. The van der Waals surface area contributed by atoms with Gasteiger partial charge < -0.3 is 14.3 Å². The predicted octanol–water partition coefficient (Wildman–Crippen LogP) is 4.98. The molecule has 0 saturated carbocycles. The molecule has 0 unspecified atom stereocenters. The summed E-state index contributed by atoms with van der Waals surface area (Å²) in [5.41, 5.74) is 0.692. The number of aromatic nitrogens is 1. The molecule has 3 aromatic rings. The van der Waals surface area contributed by atoms with Crippen molar-refractivity contribution in [3.63, 3.8) is 0 Å². The van der Waals surface area contributed by atoms with Crippen LogP contribution in [0.15, 0.2) is 59.1 Å². The molecular weight excluding hydrogens is 419 g/mol. The van der Waals surface area contributed by atoms with E-state index in [1.54, 1.807) is 41.3 Å². The topological polar surface area (TPSA) is 49.6 Å². The highest BCUT2D eigenvalue weighted by Gasteiger charge is 2.31. The van der Waals surface area contributed by atoms with Crippen molar-refractivity contribution in [3.8, 4) is 11.3 Å². The second kappa shape index (κ2) is 8.02. The van der Waals surface area contributed by atoms with Gasteiger partial charge in [0.25, 0.3) is 5.91 Å². The van der Waals surface area contributed by atoms with Crippen molar-refractivity contribution in [1.82, 2.24) is 10.1 Å². The molecule has 4 rings (SSSR count). The first-order valence-corrected chi connectivity index (χ1v) is 9.63. The molecule has 5 nitrogen and oxygen atoms in total. The van der Waals surface area contributed by atoms with E-state index in [0.29, 0.717) is 48.2 Å². The van der Waals surface area contributed by atoms with Gasteiger partial charge in [-0.2, -0.15) is 13.2 Å². The van der Waals surface area contributed by atoms with Crippen LogP contribution >= 0.6 is 11.6 Å². The Bertz CT molecular complexity index is 1060. The van der Waals surface area contributed by atoms with Crippen LogP contribution in [0.25, 0.3) is 11.3 Å². The molecular formula is C21H17ClF3N3O2. The number of alkyl halides is 3. The zero-order valence-corrected chi connectivity index (χ0v) is 16.5. The number of piperazine rings is 1. The summed E-state index contributed by atoms with van der Waals surface area (Å²) in [7, 11) is 0. The minimum atomic E-state index is -4.39. The molecule has 9 heteroatoms. The third-order valence-electron chi connectivity index (χ3n) is 4.94. The van der Waals surface area contributed by atoms with Crippen LogP contribution in [0.2, 0.25) is 5.02 Å². The van der Waals surface area contributed by atoms with Gasteiger partial charge >= 0.3 is 6.18 Å². The first-order valence-electron chi connectivity index (χ1n) is 9.25. The maximum absolute atomic E-state index is 12.9. The van der Waals surface area contributed by atoms with Crippen molar-refractivity contribution >= 4 is 23.2 Å². The number of amides is 1. The predicted molar refractivity (Wildman–Crippen MR) is 107 cm³/mol. The number of benzene rings is 2. The summed E-state index contributed by atoms with van der Waals surface area (Å²) in [6, 6.07) is 13.8. The summed E-state index contributed by atoms with van der Waals surface area (Å²) < 4.78 is 44.1. The largest absolute Gasteiger partial charge is 0.416 e. The minimum absolute atomic E-state index is 0.178. The third kappa shape index (κ3) is 4.28. The fourth-order valence-electron chi connectivity index (χ4n) is 3.36. The van der Waals surface area contributed by atoms with Crippen LogP contribution in [0.1, 0.15) is 16.1 Å². The van der Waals surface area contributed by atoms with Crippen LogP contribution in [-0.4, -0.2) is 42.1 Å². The molecule has 30 heavy (non-hydrogen) atoms. The lowest BCUT2D eigenvalue weighted by atomic mass is 10.1. The van der Waals surface area contributed by atoms with Gasteiger partial charge in [-0.3, -0.25) is 4.79 Å². The maximum atomic E-state index is 12.9. The number of nitrogens with zero attached hydrogens (tertiary/aromatic N) is 3. The van der Waals surface area contributed by atoms with Gasteiger partial charge in [0.1, 0.15) is 0 Å². The van der Waals surface area contributed by atoms with Gasteiger partial charge in [-0.25, -0.2) is 0 Å². The molecule has 0 bridgehead atoms. The van der Waals surface area contributed by atoms with E-state index in [1.165, 1.54) is 6.07 Å². The molecule has 1 aliphatic heterocycles. The summed E-state index contributed by atoms with van der Waals surface area (Å²) >= 11 is 5.98. The minimum Gasteiger partial charge on any atom is -0.368 e. The average Bonchev–Trinajstić information content (AvgIpc) is 3.23. The number of rotatable bonds is 3. The number of anilines is 1. The van der Waals surface area contributed by atoms with E-state index in [-0.39, 0.29) is 11.6 Å². The Balaban J connectivity index is 1.42. The van der Waals surface area contributed by atoms with Crippen LogP contribution < -0.4 is 4.90 Å². The highest BCUT2D eigenvalue weighted by molar-refractivity contribution is 6.30. The zero-order chi connectivity index (χ0) is 21.3. The lowest BCUT2D eigenvalue weighted by Gasteiger charge is -2.36. The monoisotopic (exact) mass is 435 g/mol. The number of hydrogen-bond donors (Lipinski definition) is 0. The van der Waals surface area contributed by atoms with Crippen molar-refractivity contribution in [2.45, 2.75) is 6.18 Å². The average molecular weight is 436 g/mol. The van der Waals surface area contributed by atoms with E-state index >= 15 is 0 Å². The molecule has 2 aromatic carbocycles. The first kappa shape index (κ1) is 20.3. The van der Waals surface area contributed by atoms with E-state index in [9.17, 15) is 18.0 Å². The van der Waals surface area contributed by atoms with Gasteiger partial charge in [0.2, 0.25) is 0 Å². The number of carbonyl (C=O) groups is 1. The van der Waals surface area contributed by atoms with Gasteiger partial charge in [0.15, 0.2) is 11.5 Å². The molecule has 1 aromatic heterocycles. The summed E-state index contributed by atoms with van der Waals surface area (Å²) in [5, 5.41) is 4.41. The van der Waals surface area contributed by atoms with E-state index in [4.69, 9.17) is 16.1 Å². The van der Waals surface area contributed by atoms with E-state index in [1.807, 2.05) is 4.90 Å². The van der Waals surface area contributed by atoms with Crippen LogP contribution in [0.5, 0.6) is 0 Å². The molecule has 0 radical (unpaired) electrons. The molecule has 0 atom stereocenters. The lowest BCUT2D eigenvalue weighted by molar-refractivity contribution is -0.137. The molecule has 1 amide bonds. The normalized spacial score (nSPS) is 14.8. The molecule has 0 spiro atoms. The van der Waals surface area contributed by atoms with E-state index in [2.05, 4.69) is 5.16 Å². The van der Waals surface area contributed by atoms with Crippen LogP contribution in [0, 0.1) is 0 Å². The first-order chi connectivity index (χ1) is 14.3. The standard InChI is InChI=1S/C21H17ClF3N3O2/c22-16-5-1-3-14(11-16)19-13-18(26-30-19)20(29)28-9-7-27(8-10-28)17-6-2-4-15(12-17)21(23,24)25/h1-6,11-13H,7-10H2. The van der Waals surface area contributed by atoms with Gasteiger partial charge in [0, 0.05) is 48.5 Å². The second-order valence-electron chi connectivity index (χ2n) is 6.91. The smallest absolute Gasteiger partial charge is 0.368 e. The van der Waals surface area contributed by atoms with Gasteiger partial charge in [-0.05, 0) is 30.3 Å². The van der Waals surface area contributed by atoms with Crippen molar-refractivity contribution in [3.05, 3.63) is 70.9 Å². The van der Waals surface area contributed by atoms with Gasteiger partial charge in [0.05, 0.1) is 5.56 Å². The summed E-state index contributed by atoms with van der Waals surface area (Å²) in [6.07, 6.45) is -4.39. The fourth-order valence-corrected chi connectivity index (χ4v) is 3.55. The Morgan fingerprint density at radius 3 is 2.43 bits per heavy atom. The fraction of sp³-hybridized carbons (Fsp3) is 0.238. The quantitative estimate of drug-likeness (QED) is 0.582. The van der Waals surface area contributed by atoms with Gasteiger partial charge in [-0.1, -0.05) is 35.0 Å². The Labute approximate surface area is 175 Å². The highest BCUT2D eigenvalue weighted by Crippen LogP contribution is 2.32. The molecule has 0 aliphatic carbocycles. The molecule has 156 valence electrons. The molecule has 1 aliphatic rings. The van der Waals surface area contributed by atoms with Crippen molar-refractivity contribution < 1.29 is 22.5 Å². The molecule has 0 N–H and O–H groups in total. The summed E-state index contributed by atoms with van der Waals surface area (Å²) in [5.74, 6) is 0.152. The number of halogens is 4. The maximum Gasteiger partial charge on any atom is 0.416 e. The van der Waals surface area contributed by atoms with Gasteiger partial charge in [-0.15, -0.1) is 0 Å². The Hall–Kier alpha value is -3.00. The molecule has 1 fully saturated rings. The van der Waals surface area contributed by atoms with Crippen LogP contribution in [-0.2, 0) is 6.18 Å². The number of hydrogen-bond acceptors (Lipinski definition) is 4. The van der Waals surface area contributed by atoms with Crippen molar-refractivity contribution in [2.24, 2.45) is 0 Å². The van der Waals surface area contributed by atoms with E-state index in [0.717, 1.165) is 12.1 Å². The van der Waals surface area contributed by atoms with Crippen LogP contribution in [0.4, 0.5) is 18.9 Å². The summed E-state index contributed by atoms with van der Waals surface area (Å²) in [6.45, 7) is 1.58. The van der Waals surface area contributed by atoms with E-state index < -0.39 is 11.7 Å².